The summed E-state index contributed by atoms with van der Waals surface area (Å²) in [5, 5.41) is 12.7. The molecule has 150 valence electrons. The molecule has 2 aromatic carbocycles. The van der Waals surface area contributed by atoms with Crippen molar-refractivity contribution in [3.05, 3.63) is 59.2 Å². The summed E-state index contributed by atoms with van der Waals surface area (Å²) in [6.07, 6.45) is 0.699. The molecule has 0 aromatic heterocycles. The number of fused-ring (bicyclic) bond motifs is 1. The van der Waals surface area contributed by atoms with Gasteiger partial charge in [-0.05, 0) is 59.2 Å². The van der Waals surface area contributed by atoms with E-state index in [9.17, 15) is 18.3 Å². The molecule has 1 atom stereocenters. The predicted molar refractivity (Wildman–Crippen MR) is 111 cm³/mol. The molecule has 0 bridgehead atoms. The van der Waals surface area contributed by atoms with Gasteiger partial charge in [-0.25, -0.2) is 13.2 Å². The molecule has 0 saturated heterocycles. The largest absolute Gasteiger partial charge is 0.478 e. The molecule has 6 heteroatoms. The number of benzene rings is 2. The van der Waals surface area contributed by atoms with Gasteiger partial charge in [-0.1, -0.05) is 39.8 Å². The van der Waals surface area contributed by atoms with Crippen LogP contribution in [0.1, 0.15) is 55.2 Å². The topological polar surface area (TPSA) is 83.5 Å². The fourth-order valence-electron chi connectivity index (χ4n) is 3.91. The average Bonchev–Trinajstić information content (AvgIpc) is 2.58. The van der Waals surface area contributed by atoms with Crippen LogP contribution in [0.4, 0.5) is 5.69 Å². The summed E-state index contributed by atoms with van der Waals surface area (Å²) >= 11 is 0. The zero-order valence-electron chi connectivity index (χ0n) is 16.7. The maximum Gasteiger partial charge on any atom is 0.335 e. The molecule has 1 unspecified atom stereocenters. The van der Waals surface area contributed by atoms with Crippen molar-refractivity contribution in [2.75, 3.05) is 11.1 Å². The van der Waals surface area contributed by atoms with E-state index in [4.69, 9.17) is 0 Å². The molecule has 2 aromatic rings. The number of nitrogens with one attached hydrogen (secondary N) is 1. The quantitative estimate of drug-likeness (QED) is 0.768. The van der Waals surface area contributed by atoms with Gasteiger partial charge in [0.1, 0.15) is 0 Å². The molecule has 2 N–H and O–H groups in total. The first-order valence-corrected chi connectivity index (χ1v) is 11.1. The van der Waals surface area contributed by atoms with Crippen LogP contribution in [-0.2, 0) is 16.3 Å². The highest BCUT2D eigenvalue weighted by atomic mass is 32.2. The molecule has 1 aliphatic rings. The Bertz CT molecular complexity index is 1010. The first kappa shape index (κ1) is 20.4. The minimum Gasteiger partial charge on any atom is -0.478 e. The number of hydrogen-bond acceptors (Lipinski definition) is 4. The summed E-state index contributed by atoms with van der Waals surface area (Å²) in [6, 6.07) is 12.2. The minimum absolute atomic E-state index is 0.0632. The summed E-state index contributed by atoms with van der Waals surface area (Å²) in [5.41, 5.74) is 2.83. The lowest BCUT2D eigenvalue weighted by atomic mass is 9.73. The van der Waals surface area contributed by atoms with E-state index in [1.807, 2.05) is 19.9 Å². The summed E-state index contributed by atoms with van der Waals surface area (Å²) in [6.45, 7) is 8.01. The molecule has 0 amide bonds. The molecule has 0 aliphatic carbocycles. The van der Waals surface area contributed by atoms with Crippen LogP contribution in [0.15, 0.2) is 47.4 Å². The van der Waals surface area contributed by atoms with E-state index in [0.29, 0.717) is 11.3 Å². The fraction of sp³-hybridized carbons (Fsp3) is 0.409. The Morgan fingerprint density at radius 2 is 1.93 bits per heavy atom. The van der Waals surface area contributed by atoms with Crippen LogP contribution < -0.4 is 5.32 Å². The third-order valence-electron chi connectivity index (χ3n) is 5.18. The van der Waals surface area contributed by atoms with E-state index in [1.165, 1.54) is 0 Å². The minimum atomic E-state index is -3.33. The van der Waals surface area contributed by atoms with Crippen LogP contribution in [0, 0.1) is 11.3 Å². The van der Waals surface area contributed by atoms with Gasteiger partial charge in [-0.2, -0.15) is 0 Å². The van der Waals surface area contributed by atoms with Crippen molar-refractivity contribution in [3.8, 4) is 0 Å². The van der Waals surface area contributed by atoms with E-state index in [2.05, 4.69) is 19.2 Å². The summed E-state index contributed by atoms with van der Waals surface area (Å²) < 4.78 is 25.3. The molecule has 1 aliphatic heterocycles. The van der Waals surface area contributed by atoms with Crippen molar-refractivity contribution in [3.63, 3.8) is 0 Å². The number of carbonyl (C=O) groups is 1. The van der Waals surface area contributed by atoms with Crippen molar-refractivity contribution in [1.82, 2.24) is 0 Å². The maximum atomic E-state index is 12.7. The van der Waals surface area contributed by atoms with Gasteiger partial charge in [0.15, 0.2) is 9.84 Å². The lowest BCUT2D eigenvalue weighted by Gasteiger charge is -2.41. The highest BCUT2D eigenvalue weighted by Crippen LogP contribution is 2.45. The van der Waals surface area contributed by atoms with E-state index >= 15 is 0 Å². The van der Waals surface area contributed by atoms with Crippen LogP contribution in [0.2, 0.25) is 0 Å². The van der Waals surface area contributed by atoms with Crippen molar-refractivity contribution >= 4 is 21.5 Å². The molecular formula is C22H27NO4S. The number of rotatable bonds is 5. The van der Waals surface area contributed by atoms with Gasteiger partial charge >= 0.3 is 5.97 Å². The highest BCUT2D eigenvalue weighted by molar-refractivity contribution is 7.91. The lowest BCUT2D eigenvalue weighted by Crippen LogP contribution is -2.35. The van der Waals surface area contributed by atoms with Crippen molar-refractivity contribution in [1.29, 1.82) is 0 Å². The molecular weight excluding hydrogens is 374 g/mol. The van der Waals surface area contributed by atoms with Gasteiger partial charge in [0, 0.05) is 5.69 Å². The molecule has 0 spiro atoms. The van der Waals surface area contributed by atoms with Gasteiger partial charge in [0.05, 0.1) is 22.3 Å². The first-order valence-electron chi connectivity index (χ1n) is 9.45. The summed E-state index contributed by atoms with van der Waals surface area (Å²) in [5.74, 6) is -0.752. The number of anilines is 1. The monoisotopic (exact) mass is 401 g/mol. The molecule has 0 radical (unpaired) electrons. The van der Waals surface area contributed by atoms with Gasteiger partial charge in [0.2, 0.25) is 0 Å². The van der Waals surface area contributed by atoms with Gasteiger partial charge in [-0.15, -0.1) is 0 Å². The Balaban J connectivity index is 1.98. The predicted octanol–water partition coefficient (Wildman–Crippen LogP) is 4.55. The Labute approximate surface area is 166 Å². The van der Waals surface area contributed by atoms with E-state index < -0.39 is 15.8 Å². The third-order valence-corrected chi connectivity index (χ3v) is 7.26. The molecule has 0 saturated carbocycles. The molecule has 3 rings (SSSR count). The first-order chi connectivity index (χ1) is 13.0. The van der Waals surface area contributed by atoms with E-state index in [1.54, 1.807) is 36.4 Å². The zero-order chi connectivity index (χ0) is 20.7. The molecule has 28 heavy (non-hydrogen) atoms. The molecule has 0 fully saturated rings. The molecule has 1 heterocycles. The average molecular weight is 402 g/mol. The van der Waals surface area contributed by atoms with Crippen LogP contribution in [0.5, 0.6) is 0 Å². The SMILES string of the molecule is CC(C)CS(=O)(=O)c1cccc(C2Nc3ccc(C(=O)O)cc3CC2(C)C)c1. The Hall–Kier alpha value is -2.34. The van der Waals surface area contributed by atoms with Crippen LogP contribution in [-0.4, -0.2) is 25.2 Å². The second kappa shape index (κ2) is 7.24. The number of aromatic carboxylic acids is 1. The Morgan fingerprint density at radius 1 is 1.21 bits per heavy atom. The van der Waals surface area contributed by atoms with Crippen LogP contribution >= 0.6 is 0 Å². The zero-order valence-corrected chi connectivity index (χ0v) is 17.5. The fourth-order valence-corrected chi connectivity index (χ4v) is 5.59. The highest BCUT2D eigenvalue weighted by Gasteiger charge is 2.36. The molecule has 5 nitrogen and oxygen atoms in total. The van der Waals surface area contributed by atoms with Crippen LogP contribution in [0.25, 0.3) is 0 Å². The van der Waals surface area contributed by atoms with Crippen LogP contribution in [0.3, 0.4) is 0 Å². The smallest absolute Gasteiger partial charge is 0.335 e. The second-order valence-electron chi connectivity index (χ2n) is 8.67. The Kier molecular flexibility index (Phi) is 5.28. The van der Waals surface area contributed by atoms with Crippen molar-refractivity contribution < 1.29 is 18.3 Å². The number of hydrogen-bond donors (Lipinski definition) is 2. The number of carboxylic acid groups (broad SMARTS) is 1. The number of carboxylic acids is 1. The summed E-state index contributed by atoms with van der Waals surface area (Å²) in [7, 11) is -3.33. The lowest BCUT2D eigenvalue weighted by molar-refractivity contribution is 0.0696. The number of sulfone groups is 1. The van der Waals surface area contributed by atoms with Crippen molar-refractivity contribution in [2.45, 2.75) is 45.1 Å². The second-order valence-corrected chi connectivity index (χ2v) is 10.7. The van der Waals surface area contributed by atoms with E-state index in [-0.39, 0.29) is 28.7 Å². The normalized spacial score (nSPS) is 18.4. The Morgan fingerprint density at radius 3 is 2.57 bits per heavy atom. The van der Waals surface area contributed by atoms with Gasteiger partial charge in [-0.3, -0.25) is 0 Å². The summed E-state index contributed by atoms with van der Waals surface area (Å²) in [4.78, 5) is 11.6. The van der Waals surface area contributed by atoms with Gasteiger partial charge < -0.3 is 10.4 Å². The third kappa shape index (κ3) is 4.07. The van der Waals surface area contributed by atoms with Gasteiger partial charge in [0.25, 0.3) is 0 Å². The maximum absolute atomic E-state index is 12.7. The van der Waals surface area contributed by atoms with E-state index in [0.717, 1.165) is 16.8 Å². The van der Waals surface area contributed by atoms with Crippen molar-refractivity contribution in [2.24, 2.45) is 11.3 Å². The standard InChI is InChI=1S/C22H27NO4S/c1-14(2)13-28(26,27)18-7-5-6-15(11-18)20-22(3,4)12-17-10-16(21(24)25)8-9-19(17)23-20/h5-11,14,20,23H,12-13H2,1-4H3,(H,24,25).